The molecular weight excluding hydrogens is 298 g/mol. The van der Waals surface area contributed by atoms with Crippen LogP contribution in [0.15, 0.2) is 22.8 Å². The standard InChI is InChI=1S/C13H16BrNO3/c1-9(18-12-4-2-3-7-17-12)13(16)11-6-5-10(14)8-15-11/h5-6,8-9,12H,2-4,7H2,1H3/t9-,12?/m1/s1. The van der Waals surface area contributed by atoms with E-state index in [2.05, 4.69) is 20.9 Å². The van der Waals surface area contributed by atoms with Gasteiger partial charge in [-0.15, -0.1) is 0 Å². The third-order valence-corrected chi connectivity index (χ3v) is 3.31. The molecule has 18 heavy (non-hydrogen) atoms. The SMILES string of the molecule is C[C@@H](OC1CCCCO1)C(=O)c1ccc(Br)cn1. The van der Waals surface area contributed by atoms with Gasteiger partial charge in [-0.05, 0) is 54.2 Å². The summed E-state index contributed by atoms with van der Waals surface area (Å²) in [7, 11) is 0. The first-order chi connectivity index (χ1) is 8.66. The largest absolute Gasteiger partial charge is 0.353 e. The normalized spacial score (nSPS) is 21.6. The molecule has 2 rings (SSSR count). The molecule has 1 aliphatic rings. The predicted molar refractivity (Wildman–Crippen MR) is 70.4 cm³/mol. The number of Topliss-reactive ketones (excluding diaryl/α,β-unsaturated/α-hetero) is 1. The molecular formula is C13H16BrNO3. The van der Waals surface area contributed by atoms with E-state index in [4.69, 9.17) is 9.47 Å². The molecule has 1 unspecified atom stereocenters. The molecule has 0 aliphatic carbocycles. The number of hydrogen-bond acceptors (Lipinski definition) is 4. The second-order valence-electron chi connectivity index (χ2n) is 4.30. The van der Waals surface area contributed by atoms with Crippen LogP contribution < -0.4 is 0 Å². The van der Waals surface area contributed by atoms with Crippen LogP contribution in [0.1, 0.15) is 36.7 Å². The molecule has 1 aliphatic heterocycles. The molecule has 98 valence electrons. The monoisotopic (exact) mass is 313 g/mol. The van der Waals surface area contributed by atoms with Gasteiger partial charge < -0.3 is 9.47 Å². The predicted octanol–water partition coefficient (Wildman–Crippen LogP) is 2.96. The van der Waals surface area contributed by atoms with Crippen LogP contribution in [0.5, 0.6) is 0 Å². The molecule has 0 amide bonds. The average Bonchev–Trinajstić information content (AvgIpc) is 2.40. The first-order valence-electron chi connectivity index (χ1n) is 6.09. The van der Waals surface area contributed by atoms with E-state index in [0.717, 1.165) is 23.7 Å². The molecule has 1 fully saturated rings. The van der Waals surface area contributed by atoms with Gasteiger partial charge in [-0.1, -0.05) is 0 Å². The lowest BCUT2D eigenvalue weighted by Gasteiger charge is -2.25. The maximum absolute atomic E-state index is 12.1. The first kappa shape index (κ1) is 13.6. The van der Waals surface area contributed by atoms with Gasteiger partial charge >= 0.3 is 0 Å². The molecule has 1 aromatic rings. The molecule has 2 heterocycles. The molecule has 0 saturated carbocycles. The van der Waals surface area contributed by atoms with Gasteiger partial charge in [-0.3, -0.25) is 9.78 Å². The van der Waals surface area contributed by atoms with Crippen molar-refractivity contribution in [2.75, 3.05) is 6.61 Å². The Morgan fingerprint density at radius 2 is 2.39 bits per heavy atom. The van der Waals surface area contributed by atoms with Crippen molar-refractivity contribution in [1.29, 1.82) is 0 Å². The molecule has 1 aromatic heterocycles. The first-order valence-corrected chi connectivity index (χ1v) is 6.89. The van der Waals surface area contributed by atoms with Gasteiger partial charge in [0, 0.05) is 17.3 Å². The highest BCUT2D eigenvalue weighted by Crippen LogP contribution is 2.17. The summed E-state index contributed by atoms with van der Waals surface area (Å²) in [5.74, 6) is -0.114. The van der Waals surface area contributed by atoms with Crippen molar-refractivity contribution in [2.24, 2.45) is 0 Å². The lowest BCUT2D eigenvalue weighted by atomic mass is 10.1. The van der Waals surface area contributed by atoms with Crippen molar-refractivity contribution < 1.29 is 14.3 Å². The molecule has 0 bridgehead atoms. The van der Waals surface area contributed by atoms with Crippen LogP contribution in [-0.2, 0) is 9.47 Å². The van der Waals surface area contributed by atoms with Crippen LogP contribution in [0.25, 0.3) is 0 Å². The lowest BCUT2D eigenvalue weighted by molar-refractivity contribution is -0.174. The number of aromatic nitrogens is 1. The number of carbonyl (C=O) groups excluding carboxylic acids is 1. The number of nitrogens with zero attached hydrogens (tertiary/aromatic N) is 1. The van der Waals surface area contributed by atoms with Crippen molar-refractivity contribution >= 4 is 21.7 Å². The summed E-state index contributed by atoms with van der Waals surface area (Å²) in [6, 6.07) is 3.48. The highest BCUT2D eigenvalue weighted by Gasteiger charge is 2.23. The number of rotatable bonds is 4. The number of ether oxygens (including phenoxy) is 2. The summed E-state index contributed by atoms with van der Waals surface area (Å²) in [4.78, 5) is 16.1. The summed E-state index contributed by atoms with van der Waals surface area (Å²) in [6.07, 6.45) is 3.83. The van der Waals surface area contributed by atoms with Gasteiger partial charge in [-0.25, -0.2) is 0 Å². The molecule has 0 aromatic carbocycles. The smallest absolute Gasteiger partial charge is 0.209 e. The summed E-state index contributed by atoms with van der Waals surface area (Å²) < 4.78 is 11.9. The Kier molecular flexibility index (Phi) is 4.86. The summed E-state index contributed by atoms with van der Waals surface area (Å²) in [5, 5.41) is 0. The van der Waals surface area contributed by atoms with Crippen LogP contribution in [-0.4, -0.2) is 29.8 Å². The molecule has 2 atom stereocenters. The van der Waals surface area contributed by atoms with Gasteiger partial charge in [0.2, 0.25) is 5.78 Å². The molecule has 4 nitrogen and oxygen atoms in total. The fourth-order valence-electron chi connectivity index (χ4n) is 1.84. The van der Waals surface area contributed by atoms with Crippen molar-refractivity contribution in [1.82, 2.24) is 4.98 Å². The Morgan fingerprint density at radius 3 is 3.00 bits per heavy atom. The Hall–Kier alpha value is -0.780. The van der Waals surface area contributed by atoms with Crippen LogP contribution >= 0.6 is 15.9 Å². The van der Waals surface area contributed by atoms with E-state index in [0.29, 0.717) is 12.3 Å². The van der Waals surface area contributed by atoms with Gasteiger partial charge in [-0.2, -0.15) is 0 Å². The van der Waals surface area contributed by atoms with Crippen LogP contribution in [0, 0.1) is 0 Å². The number of hydrogen-bond donors (Lipinski definition) is 0. The minimum absolute atomic E-state index is 0.114. The molecule has 1 saturated heterocycles. The summed E-state index contributed by atoms with van der Waals surface area (Å²) in [6.45, 7) is 2.45. The van der Waals surface area contributed by atoms with E-state index in [9.17, 15) is 4.79 Å². The van der Waals surface area contributed by atoms with Gasteiger partial charge in [0.25, 0.3) is 0 Å². The maximum Gasteiger partial charge on any atom is 0.209 e. The third kappa shape index (κ3) is 3.60. The van der Waals surface area contributed by atoms with E-state index in [1.807, 2.05) is 0 Å². The van der Waals surface area contributed by atoms with E-state index >= 15 is 0 Å². The van der Waals surface area contributed by atoms with Crippen LogP contribution in [0.4, 0.5) is 0 Å². The van der Waals surface area contributed by atoms with Crippen molar-refractivity contribution in [3.05, 3.63) is 28.5 Å². The summed E-state index contributed by atoms with van der Waals surface area (Å²) in [5.41, 5.74) is 0.418. The fourth-order valence-corrected chi connectivity index (χ4v) is 2.07. The zero-order chi connectivity index (χ0) is 13.0. The summed E-state index contributed by atoms with van der Waals surface area (Å²) >= 11 is 3.29. The van der Waals surface area contributed by atoms with E-state index in [-0.39, 0.29) is 12.1 Å². The topological polar surface area (TPSA) is 48.4 Å². The van der Waals surface area contributed by atoms with Crippen molar-refractivity contribution in [2.45, 2.75) is 38.6 Å². The van der Waals surface area contributed by atoms with Crippen molar-refractivity contribution in [3.8, 4) is 0 Å². The maximum atomic E-state index is 12.1. The zero-order valence-electron chi connectivity index (χ0n) is 10.3. The number of carbonyl (C=O) groups is 1. The second-order valence-corrected chi connectivity index (χ2v) is 5.22. The van der Waals surface area contributed by atoms with E-state index in [1.165, 1.54) is 0 Å². The highest BCUT2D eigenvalue weighted by molar-refractivity contribution is 9.10. The van der Waals surface area contributed by atoms with E-state index < -0.39 is 6.10 Å². The Bertz CT molecular complexity index is 401. The molecule has 0 spiro atoms. The Balaban J connectivity index is 1.93. The van der Waals surface area contributed by atoms with Crippen LogP contribution in [0.2, 0.25) is 0 Å². The molecule has 0 N–H and O–H groups in total. The third-order valence-electron chi connectivity index (χ3n) is 2.84. The quantitative estimate of drug-likeness (QED) is 0.802. The molecule has 0 radical (unpaired) electrons. The van der Waals surface area contributed by atoms with Gasteiger partial charge in [0.15, 0.2) is 6.29 Å². The van der Waals surface area contributed by atoms with Gasteiger partial charge in [0.05, 0.1) is 0 Å². The second kappa shape index (κ2) is 6.41. The van der Waals surface area contributed by atoms with Crippen molar-refractivity contribution in [3.63, 3.8) is 0 Å². The minimum atomic E-state index is -0.526. The Labute approximate surface area is 115 Å². The number of pyridine rings is 1. The fraction of sp³-hybridized carbons (Fsp3) is 0.538. The zero-order valence-corrected chi connectivity index (χ0v) is 11.9. The lowest BCUT2D eigenvalue weighted by Crippen LogP contribution is -2.31. The van der Waals surface area contributed by atoms with E-state index in [1.54, 1.807) is 25.3 Å². The number of halogens is 1. The Morgan fingerprint density at radius 1 is 1.56 bits per heavy atom. The molecule has 5 heteroatoms. The average molecular weight is 314 g/mol. The van der Waals surface area contributed by atoms with Crippen LogP contribution in [0.3, 0.4) is 0 Å². The van der Waals surface area contributed by atoms with Gasteiger partial charge in [0.1, 0.15) is 11.8 Å². The number of ketones is 1. The minimum Gasteiger partial charge on any atom is -0.353 e. The highest BCUT2D eigenvalue weighted by atomic mass is 79.9.